The second-order valence-electron chi connectivity index (χ2n) is 4.01. The van der Waals surface area contributed by atoms with Gasteiger partial charge >= 0.3 is 0 Å². The molecule has 2 aromatic rings. The predicted molar refractivity (Wildman–Crippen MR) is 60.9 cm³/mol. The first-order valence-corrected chi connectivity index (χ1v) is 5.36. The van der Waals surface area contributed by atoms with Gasteiger partial charge in [0.25, 0.3) is 0 Å². The number of hydrogen-bond donors (Lipinski definition) is 0. The molecule has 0 aromatic heterocycles. The van der Waals surface area contributed by atoms with Crippen LogP contribution < -0.4 is 0 Å². The van der Waals surface area contributed by atoms with Gasteiger partial charge in [0, 0.05) is 0 Å². The van der Waals surface area contributed by atoms with Crippen LogP contribution in [-0.4, -0.2) is 5.78 Å². The third-order valence-corrected chi connectivity index (χ3v) is 2.68. The number of aryl methyl sites for hydroxylation is 1. The third-order valence-electron chi connectivity index (χ3n) is 2.68. The molecule has 0 spiro atoms. The maximum Gasteiger partial charge on any atom is 0.201 e. The Bertz CT molecular complexity index is 644. The molecule has 5 heteroatoms. The summed E-state index contributed by atoms with van der Waals surface area (Å²) in [5.41, 5.74) is -1.60. The molecular formula is C14H8F4O. The van der Waals surface area contributed by atoms with Gasteiger partial charge in [0.15, 0.2) is 0 Å². The highest BCUT2D eigenvalue weighted by Crippen LogP contribution is 2.21. The van der Waals surface area contributed by atoms with Crippen molar-refractivity contribution >= 4 is 5.78 Å². The minimum absolute atomic E-state index is 0.00283. The number of carbonyl (C=O) groups is 1. The molecule has 0 heterocycles. The lowest BCUT2D eigenvalue weighted by Crippen LogP contribution is -2.10. The predicted octanol–water partition coefficient (Wildman–Crippen LogP) is 3.78. The Hall–Kier alpha value is -2.17. The minimum Gasteiger partial charge on any atom is -0.288 e. The van der Waals surface area contributed by atoms with Crippen LogP contribution in [0.15, 0.2) is 30.3 Å². The number of carbonyl (C=O) groups excluding carboxylic acids is 1. The normalized spacial score (nSPS) is 10.6. The number of rotatable bonds is 2. The van der Waals surface area contributed by atoms with Crippen LogP contribution in [0.4, 0.5) is 17.6 Å². The minimum atomic E-state index is -1.23. The van der Waals surface area contributed by atoms with E-state index in [1.165, 1.54) is 6.92 Å². The van der Waals surface area contributed by atoms with E-state index in [2.05, 4.69) is 0 Å². The Labute approximate surface area is 106 Å². The summed E-state index contributed by atoms with van der Waals surface area (Å²) in [6, 6.07) is 4.27. The Morgan fingerprint density at radius 3 is 2.05 bits per heavy atom. The molecule has 1 nitrogen and oxygen atoms in total. The average molecular weight is 268 g/mol. The van der Waals surface area contributed by atoms with E-state index in [1.54, 1.807) is 0 Å². The van der Waals surface area contributed by atoms with Crippen LogP contribution in [0.1, 0.15) is 21.5 Å². The van der Waals surface area contributed by atoms with E-state index in [9.17, 15) is 22.4 Å². The van der Waals surface area contributed by atoms with Crippen molar-refractivity contribution in [3.63, 3.8) is 0 Å². The zero-order valence-electron chi connectivity index (χ0n) is 9.81. The second kappa shape index (κ2) is 4.84. The van der Waals surface area contributed by atoms with E-state index in [-0.39, 0.29) is 5.56 Å². The van der Waals surface area contributed by atoms with Crippen molar-refractivity contribution in [3.05, 3.63) is 70.3 Å². The topological polar surface area (TPSA) is 17.1 Å². The van der Waals surface area contributed by atoms with Crippen LogP contribution in [0, 0.1) is 30.2 Å². The zero-order chi connectivity index (χ0) is 14.2. The standard InChI is InChI=1S/C14H8F4O/c1-7-5-12(18)8(6-11(7)17)14(19)13-9(15)3-2-4-10(13)16/h2-6H,1H3. The molecule has 0 radical (unpaired) electrons. The Morgan fingerprint density at radius 2 is 1.47 bits per heavy atom. The Kier molecular flexibility index (Phi) is 3.38. The molecule has 0 saturated carbocycles. The lowest BCUT2D eigenvalue weighted by molar-refractivity contribution is 0.102. The van der Waals surface area contributed by atoms with Gasteiger partial charge in [0.2, 0.25) is 5.78 Å². The summed E-state index contributed by atoms with van der Waals surface area (Å²) >= 11 is 0. The molecule has 0 amide bonds. The summed E-state index contributed by atoms with van der Waals surface area (Å²) in [5, 5.41) is 0. The first-order chi connectivity index (χ1) is 8.91. The molecule has 2 aromatic carbocycles. The third kappa shape index (κ3) is 2.36. The van der Waals surface area contributed by atoms with E-state index in [1.807, 2.05) is 0 Å². The van der Waals surface area contributed by atoms with Crippen LogP contribution in [0.3, 0.4) is 0 Å². The van der Waals surface area contributed by atoms with Gasteiger partial charge in [-0.25, -0.2) is 17.6 Å². The van der Waals surface area contributed by atoms with Crippen molar-refractivity contribution in [3.8, 4) is 0 Å². The van der Waals surface area contributed by atoms with Gasteiger partial charge in [-0.3, -0.25) is 4.79 Å². The van der Waals surface area contributed by atoms with Crippen LogP contribution in [0.25, 0.3) is 0 Å². The van der Waals surface area contributed by atoms with Crippen LogP contribution in [-0.2, 0) is 0 Å². The zero-order valence-corrected chi connectivity index (χ0v) is 9.81. The highest BCUT2D eigenvalue weighted by Gasteiger charge is 2.22. The lowest BCUT2D eigenvalue weighted by Gasteiger charge is -2.06. The molecule has 0 N–H and O–H groups in total. The Balaban J connectivity index is 2.60. The summed E-state index contributed by atoms with van der Waals surface area (Å²) in [7, 11) is 0. The molecule has 0 aliphatic carbocycles. The van der Waals surface area contributed by atoms with E-state index < -0.39 is 40.2 Å². The van der Waals surface area contributed by atoms with Crippen molar-refractivity contribution < 1.29 is 22.4 Å². The molecule has 0 aliphatic heterocycles. The van der Waals surface area contributed by atoms with Crippen LogP contribution in [0.2, 0.25) is 0 Å². The maximum absolute atomic E-state index is 13.6. The van der Waals surface area contributed by atoms with Gasteiger partial charge in [0.1, 0.15) is 23.3 Å². The van der Waals surface area contributed by atoms with E-state index in [4.69, 9.17) is 0 Å². The van der Waals surface area contributed by atoms with Gasteiger partial charge in [0.05, 0.1) is 11.1 Å². The summed E-state index contributed by atoms with van der Waals surface area (Å²) in [6.45, 7) is 1.32. The summed E-state index contributed by atoms with van der Waals surface area (Å²) in [4.78, 5) is 11.9. The largest absolute Gasteiger partial charge is 0.288 e. The number of benzene rings is 2. The molecule has 0 unspecified atom stereocenters. The van der Waals surface area contributed by atoms with Gasteiger partial charge < -0.3 is 0 Å². The van der Waals surface area contributed by atoms with Crippen LogP contribution in [0.5, 0.6) is 0 Å². The second-order valence-corrected chi connectivity index (χ2v) is 4.01. The fourth-order valence-corrected chi connectivity index (χ4v) is 1.67. The smallest absolute Gasteiger partial charge is 0.201 e. The van der Waals surface area contributed by atoms with E-state index >= 15 is 0 Å². The summed E-state index contributed by atoms with van der Waals surface area (Å²) in [6.07, 6.45) is 0. The van der Waals surface area contributed by atoms with Crippen molar-refractivity contribution in [2.75, 3.05) is 0 Å². The lowest BCUT2D eigenvalue weighted by atomic mass is 10.0. The molecule has 0 bridgehead atoms. The molecule has 0 fully saturated rings. The quantitative estimate of drug-likeness (QED) is 0.598. The van der Waals surface area contributed by atoms with Crippen LogP contribution >= 0.6 is 0 Å². The van der Waals surface area contributed by atoms with Gasteiger partial charge in [-0.2, -0.15) is 0 Å². The molecule has 0 aliphatic rings. The van der Waals surface area contributed by atoms with Crippen molar-refractivity contribution in [2.45, 2.75) is 6.92 Å². The molecule has 98 valence electrons. The van der Waals surface area contributed by atoms with E-state index in [0.717, 1.165) is 24.3 Å². The number of ketones is 1. The fraction of sp³-hybridized carbons (Fsp3) is 0.0714. The highest BCUT2D eigenvalue weighted by atomic mass is 19.1. The number of halogens is 4. The van der Waals surface area contributed by atoms with Crippen molar-refractivity contribution in [1.29, 1.82) is 0 Å². The highest BCUT2D eigenvalue weighted by molar-refractivity contribution is 6.09. The molecule has 2 rings (SSSR count). The molecule has 19 heavy (non-hydrogen) atoms. The summed E-state index contributed by atoms with van der Waals surface area (Å²) in [5.74, 6) is -5.31. The SMILES string of the molecule is Cc1cc(F)c(C(=O)c2c(F)cccc2F)cc1F. The first kappa shape index (κ1) is 13.3. The van der Waals surface area contributed by atoms with Crippen molar-refractivity contribution in [2.24, 2.45) is 0 Å². The fourth-order valence-electron chi connectivity index (χ4n) is 1.67. The van der Waals surface area contributed by atoms with Gasteiger partial charge in [-0.05, 0) is 36.8 Å². The average Bonchev–Trinajstić information content (AvgIpc) is 2.33. The summed E-state index contributed by atoms with van der Waals surface area (Å²) < 4.78 is 53.8. The van der Waals surface area contributed by atoms with Crippen molar-refractivity contribution in [1.82, 2.24) is 0 Å². The molecule has 0 atom stereocenters. The van der Waals surface area contributed by atoms with Gasteiger partial charge in [-0.1, -0.05) is 6.07 Å². The number of hydrogen-bond acceptors (Lipinski definition) is 1. The Morgan fingerprint density at radius 1 is 0.895 bits per heavy atom. The van der Waals surface area contributed by atoms with Gasteiger partial charge in [-0.15, -0.1) is 0 Å². The molecule has 0 saturated heterocycles. The first-order valence-electron chi connectivity index (χ1n) is 5.36. The maximum atomic E-state index is 13.6. The monoisotopic (exact) mass is 268 g/mol. The van der Waals surface area contributed by atoms with E-state index in [0.29, 0.717) is 6.07 Å². The molecular weight excluding hydrogens is 260 g/mol.